The number of ether oxygens (including phenoxy) is 1. The molecule has 1 unspecified atom stereocenters. The molecule has 1 aliphatic heterocycles. The number of halogens is 3. The van der Waals surface area contributed by atoms with Gasteiger partial charge >= 0.3 is 5.76 Å². The summed E-state index contributed by atoms with van der Waals surface area (Å²) in [6, 6.07) is 8.73. The predicted octanol–water partition coefficient (Wildman–Crippen LogP) is 3.89. The van der Waals surface area contributed by atoms with Crippen LogP contribution >= 0.6 is 0 Å². The lowest BCUT2D eigenvalue weighted by atomic mass is 10.0. The molecule has 0 amide bonds. The monoisotopic (exact) mass is 532 g/mol. The molecule has 0 radical (unpaired) electrons. The molecule has 4 aromatic rings. The van der Waals surface area contributed by atoms with Crippen molar-refractivity contribution in [2.24, 2.45) is 0 Å². The van der Waals surface area contributed by atoms with Gasteiger partial charge in [-0.3, -0.25) is 15.0 Å². The second-order valence-electron chi connectivity index (χ2n) is 8.89. The summed E-state index contributed by atoms with van der Waals surface area (Å²) in [5, 5.41) is 18.6. The van der Waals surface area contributed by atoms with Gasteiger partial charge in [0, 0.05) is 40.8 Å². The van der Waals surface area contributed by atoms with Crippen molar-refractivity contribution in [3.05, 3.63) is 77.6 Å². The van der Waals surface area contributed by atoms with Gasteiger partial charge < -0.3 is 9.84 Å². The quantitative estimate of drug-likeness (QED) is 0.332. The summed E-state index contributed by atoms with van der Waals surface area (Å²) in [7, 11) is -4.82. The van der Waals surface area contributed by atoms with Gasteiger partial charge in [-0.2, -0.15) is 13.9 Å². The first-order valence-corrected chi connectivity index (χ1v) is 12.9. The zero-order valence-electron chi connectivity index (χ0n) is 19.6. The van der Waals surface area contributed by atoms with Crippen LogP contribution in [-0.4, -0.2) is 47.3 Å². The molecule has 8 nitrogen and oxygen atoms in total. The zero-order valence-corrected chi connectivity index (χ0v) is 20.4. The van der Waals surface area contributed by atoms with Crippen LogP contribution in [0.5, 0.6) is 0 Å². The number of aryl methyl sites for hydroxylation is 1. The van der Waals surface area contributed by atoms with E-state index in [1.807, 2.05) is 0 Å². The molecule has 2 N–H and O–H groups in total. The highest BCUT2D eigenvalue weighted by Gasteiger charge is 2.28. The molecule has 1 fully saturated rings. The van der Waals surface area contributed by atoms with E-state index < -0.39 is 32.5 Å². The van der Waals surface area contributed by atoms with Gasteiger partial charge in [-0.25, -0.2) is 12.8 Å². The van der Waals surface area contributed by atoms with Crippen molar-refractivity contribution in [2.75, 3.05) is 13.2 Å². The molecule has 1 saturated heterocycles. The van der Waals surface area contributed by atoms with Gasteiger partial charge in [0.05, 0.1) is 36.0 Å². The molecule has 5 rings (SSSR count). The maximum Gasteiger partial charge on any atom is 0.341 e. The van der Waals surface area contributed by atoms with Crippen LogP contribution in [0.3, 0.4) is 0 Å². The molecule has 2 aromatic carbocycles. The Bertz CT molecular complexity index is 1570. The Kier molecular flexibility index (Phi) is 6.75. The van der Waals surface area contributed by atoms with Crippen LogP contribution in [0.25, 0.3) is 21.9 Å². The Morgan fingerprint density at radius 1 is 1.19 bits per heavy atom. The number of rotatable bonds is 8. The average Bonchev–Trinajstić information content (AvgIpc) is 3.30. The van der Waals surface area contributed by atoms with Crippen LogP contribution in [0.2, 0.25) is 0 Å². The smallest absolute Gasteiger partial charge is 0.341 e. The SMILES string of the molecule is Cc1cc(C(O)NCc2cc3c(F)c(-c4cnn(C5COC5)c4)ccc3cn2)cc(S(=O)(=O)C(F)F)c1. The summed E-state index contributed by atoms with van der Waals surface area (Å²) in [6.45, 7) is 2.68. The number of pyridine rings is 1. The van der Waals surface area contributed by atoms with Crippen LogP contribution in [0.4, 0.5) is 13.2 Å². The Morgan fingerprint density at radius 3 is 2.68 bits per heavy atom. The van der Waals surface area contributed by atoms with Crippen molar-refractivity contribution in [1.82, 2.24) is 20.1 Å². The first-order valence-electron chi connectivity index (χ1n) is 11.4. The third-order valence-electron chi connectivity index (χ3n) is 6.23. The maximum absolute atomic E-state index is 15.5. The van der Waals surface area contributed by atoms with Gasteiger partial charge in [0.15, 0.2) is 0 Å². The number of nitrogens with one attached hydrogen (secondary N) is 1. The van der Waals surface area contributed by atoms with E-state index in [0.29, 0.717) is 46.4 Å². The maximum atomic E-state index is 15.5. The molecule has 2 aromatic heterocycles. The lowest BCUT2D eigenvalue weighted by Crippen LogP contribution is -2.30. The fraction of sp³-hybridized carbons (Fsp3) is 0.280. The van der Waals surface area contributed by atoms with Crippen molar-refractivity contribution in [1.29, 1.82) is 0 Å². The van der Waals surface area contributed by atoms with Gasteiger partial charge in [0.25, 0.3) is 0 Å². The van der Waals surface area contributed by atoms with E-state index in [1.54, 1.807) is 35.3 Å². The molecule has 194 valence electrons. The molecule has 0 saturated carbocycles. The molecular weight excluding hydrogens is 509 g/mol. The molecule has 1 atom stereocenters. The Balaban J connectivity index is 1.36. The van der Waals surface area contributed by atoms with E-state index >= 15 is 4.39 Å². The van der Waals surface area contributed by atoms with Gasteiger partial charge in [-0.15, -0.1) is 0 Å². The van der Waals surface area contributed by atoms with Crippen molar-refractivity contribution in [3.63, 3.8) is 0 Å². The van der Waals surface area contributed by atoms with Gasteiger partial charge in [-0.05, 0) is 36.2 Å². The lowest BCUT2D eigenvalue weighted by molar-refractivity contribution is -0.0286. The molecule has 1 aliphatic rings. The standard InChI is InChI=1S/C25H23F3N4O4S/c1-14-4-16(6-20(5-14)37(34,35)25(27)28)24(33)30-10-18-7-22-15(8-29-18)2-3-21(23(22)26)17-9-31-32(11-17)19-12-36-13-19/h2-9,11,19,24-25,30,33H,10,12-13H2,1H3. The summed E-state index contributed by atoms with van der Waals surface area (Å²) in [5.41, 5.74) is 1.92. The number of aliphatic hydroxyl groups is 1. The van der Waals surface area contributed by atoms with Gasteiger partial charge in [-0.1, -0.05) is 18.2 Å². The highest BCUT2D eigenvalue weighted by atomic mass is 32.2. The third-order valence-corrected chi connectivity index (χ3v) is 7.59. The van der Waals surface area contributed by atoms with Crippen molar-refractivity contribution >= 4 is 20.6 Å². The van der Waals surface area contributed by atoms with Crippen LogP contribution in [-0.2, 0) is 21.1 Å². The highest BCUT2D eigenvalue weighted by molar-refractivity contribution is 7.91. The first kappa shape index (κ1) is 25.3. The summed E-state index contributed by atoms with van der Waals surface area (Å²) in [4.78, 5) is 3.72. The van der Waals surface area contributed by atoms with E-state index in [0.717, 1.165) is 12.1 Å². The zero-order chi connectivity index (χ0) is 26.3. The number of alkyl halides is 2. The van der Waals surface area contributed by atoms with Gasteiger partial charge in [0.1, 0.15) is 12.0 Å². The molecule has 37 heavy (non-hydrogen) atoms. The normalized spacial score (nSPS) is 15.3. The average molecular weight is 533 g/mol. The molecule has 3 heterocycles. The predicted molar refractivity (Wildman–Crippen MR) is 129 cm³/mol. The minimum atomic E-state index is -4.82. The summed E-state index contributed by atoms with van der Waals surface area (Å²) < 4.78 is 72.1. The molecule has 0 bridgehead atoms. The number of hydrogen-bond donors (Lipinski definition) is 2. The second-order valence-corrected chi connectivity index (χ2v) is 10.8. The number of hydrogen-bond acceptors (Lipinski definition) is 7. The number of nitrogens with zero attached hydrogens (tertiary/aromatic N) is 3. The van der Waals surface area contributed by atoms with Crippen molar-refractivity contribution in [3.8, 4) is 11.1 Å². The molecule has 12 heteroatoms. The lowest BCUT2D eigenvalue weighted by Gasteiger charge is -2.25. The number of benzene rings is 2. The Morgan fingerprint density at radius 2 is 1.97 bits per heavy atom. The highest BCUT2D eigenvalue weighted by Crippen LogP contribution is 2.30. The van der Waals surface area contributed by atoms with E-state index in [4.69, 9.17) is 4.74 Å². The van der Waals surface area contributed by atoms with Crippen LogP contribution in [0, 0.1) is 12.7 Å². The van der Waals surface area contributed by atoms with Crippen LogP contribution < -0.4 is 5.32 Å². The first-order chi connectivity index (χ1) is 17.6. The largest absolute Gasteiger partial charge is 0.377 e. The number of aromatic nitrogens is 3. The minimum Gasteiger partial charge on any atom is -0.377 e. The topological polar surface area (TPSA) is 106 Å². The fourth-order valence-corrected chi connectivity index (χ4v) is 4.97. The second kappa shape index (κ2) is 9.86. The van der Waals surface area contributed by atoms with Crippen molar-refractivity contribution in [2.45, 2.75) is 36.4 Å². The summed E-state index contributed by atoms with van der Waals surface area (Å²) >= 11 is 0. The van der Waals surface area contributed by atoms with E-state index in [9.17, 15) is 22.3 Å². The van der Waals surface area contributed by atoms with E-state index in [1.165, 1.54) is 19.2 Å². The number of aliphatic hydroxyl groups excluding tert-OH is 1. The molecule has 0 spiro atoms. The molecule has 0 aliphatic carbocycles. The molecular formula is C25H23F3N4O4S. The fourth-order valence-electron chi connectivity index (χ4n) is 4.12. The van der Waals surface area contributed by atoms with Gasteiger partial charge in [0.2, 0.25) is 9.84 Å². The Hall–Kier alpha value is -3.32. The number of sulfone groups is 1. The minimum absolute atomic E-state index is 0.00522. The van der Waals surface area contributed by atoms with E-state index in [2.05, 4.69) is 15.4 Å². The van der Waals surface area contributed by atoms with Crippen molar-refractivity contribution < 1.29 is 31.4 Å². The van der Waals surface area contributed by atoms with Crippen LogP contribution in [0.1, 0.15) is 29.1 Å². The Labute approximate surface area is 210 Å². The van der Waals surface area contributed by atoms with Crippen LogP contribution in [0.15, 0.2) is 59.9 Å². The summed E-state index contributed by atoms with van der Waals surface area (Å²) in [6.07, 6.45) is 3.52. The number of fused-ring (bicyclic) bond motifs is 1. The summed E-state index contributed by atoms with van der Waals surface area (Å²) in [5.74, 6) is -4.01. The third kappa shape index (κ3) is 4.97. The van der Waals surface area contributed by atoms with E-state index in [-0.39, 0.29) is 18.2 Å².